The second-order valence-electron chi connectivity index (χ2n) is 7.76. The summed E-state index contributed by atoms with van der Waals surface area (Å²) in [5, 5.41) is 2.98. The Kier molecular flexibility index (Phi) is 5.37. The molecule has 1 aromatic heterocycles. The number of carbonyl (C=O) groups excluding carboxylic acids is 2. The highest BCUT2D eigenvalue weighted by Crippen LogP contribution is 2.34. The monoisotopic (exact) mass is 378 g/mol. The Morgan fingerprint density at radius 2 is 1.82 bits per heavy atom. The number of nitrogens with zero attached hydrogens (tertiary/aromatic N) is 3. The van der Waals surface area contributed by atoms with Gasteiger partial charge in [0.15, 0.2) is 0 Å². The Morgan fingerprint density at radius 3 is 2.50 bits per heavy atom. The number of carbonyl (C=O) groups is 2. The minimum Gasteiger partial charge on any atom is -0.348 e. The Labute approximate surface area is 165 Å². The van der Waals surface area contributed by atoms with E-state index in [9.17, 15) is 9.59 Å². The van der Waals surface area contributed by atoms with Gasteiger partial charge in [-0.25, -0.2) is 9.97 Å². The average Bonchev–Trinajstić information content (AvgIpc) is 3.58. The Hall–Kier alpha value is -2.76. The predicted octanol–water partition coefficient (Wildman–Crippen LogP) is 2.83. The van der Waals surface area contributed by atoms with Gasteiger partial charge in [0, 0.05) is 37.7 Å². The van der Waals surface area contributed by atoms with Crippen LogP contribution in [0.2, 0.25) is 0 Å². The van der Waals surface area contributed by atoms with Crippen molar-refractivity contribution >= 4 is 11.8 Å². The molecule has 146 valence electrons. The van der Waals surface area contributed by atoms with E-state index in [1.165, 1.54) is 0 Å². The lowest BCUT2D eigenvalue weighted by Gasteiger charge is -2.32. The molecule has 1 N–H and O–H groups in total. The average molecular weight is 378 g/mol. The van der Waals surface area contributed by atoms with Crippen molar-refractivity contribution in [3.8, 4) is 0 Å². The van der Waals surface area contributed by atoms with Crippen molar-refractivity contribution in [1.29, 1.82) is 0 Å². The van der Waals surface area contributed by atoms with Crippen molar-refractivity contribution in [2.75, 3.05) is 13.1 Å². The lowest BCUT2D eigenvalue weighted by Crippen LogP contribution is -2.39. The van der Waals surface area contributed by atoms with Crippen LogP contribution in [0.1, 0.15) is 59.0 Å². The summed E-state index contributed by atoms with van der Waals surface area (Å²) in [5.41, 5.74) is 2.42. The first-order valence-electron chi connectivity index (χ1n) is 10.1. The van der Waals surface area contributed by atoms with E-state index in [2.05, 4.69) is 15.3 Å². The molecule has 2 heterocycles. The summed E-state index contributed by atoms with van der Waals surface area (Å²) in [7, 11) is 0. The van der Waals surface area contributed by atoms with Gasteiger partial charge in [-0.3, -0.25) is 9.59 Å². The van der Waals surface area contributed by atoms with Crippen LogP contribution in [0.5, 0.6) is 0 Å². The van der Waals surface area contributed by atoms with Gasteiger partial charge in [0.1, 0.15) is 5.82 Å². The van der Waals surface area contributed by atoms with Crippen LogP contribution in [0.4, 0.5) is 0 Å². The van der Waals surface area contributed by atoms with Crippen molar-refractivity contribution in [3.05, 3.63) is 59.2 Å². The van der Waals surface area contributed by atoms with Crippen molar-refractivity contribution in [3.63, 3.8) is 0 Å². The summed E-state index contributed by atoms with van der Waals surface area (Å²) in [6.07, 6.45) is 5.40. The summed E-state index contributed by atoms with van der Waals surface area (Å²) in [4.78, 5) is 35.9. The number of aromatic nitrogens is 2. The van der Waals surface area contributed by atoms with Crippen LogP contribution in [0.25, 0.3) is 0 Å². The van der Waals surface area contributed by atoms with E-state index in [-0.39, 0.29) is 17.7 Å². The summed E-state index contributed by atoms with van der Waals surface area (Å²) >= 11 is 0. The molecule has 2 amide bonds. The topological polar surface area (TPSA) is 75.2 Å². The molecule has 1 aromatic carbocycles. The number of hydrogen-bond donors (Lipinski definition) is 1. The highest BCUT2D eigenvalue weighted by atomic mass is 16.2. The molecule has 28 heavy (non-hydrogen) atoms. The van der Waals surface area contributed by atoms with Gasteiger partial charge in [-0.15, -0.1) is 0 Å². The molecule has 0 spiro atoms. The van der Waals surface area contributed by atoms with E-state index in [0.29, 0.717) is 23.8 Å². The Morgan fingerprint density at radius 1 is 1.11 bits per heavy atom. The van der Waals surface area contributed by atoms with Gasteiger partial charge in [0.05, 0.1) is 11.3 Å². The van der Waals surface area contributed by atoms with Crippen LogP contribution in [0.15, 0.2) is 36.5 Å². The van der Waals surface area contributed by atoms with Crippen LogP contribution < -0.4 is 5.32 Å². The molecular formula is C22H26N4O2. The smallest absolute Gasteiger partial charge is 0.254 e. The van der Waals surface area contributed by atoms with Crippen molar-refractivity contribution in [1.82, 2.24) is 20.2 Å². The summed E-state index contributed by atoms with van der Waals surface area (Å²) in [5.74, 6) is 1.28. The zero-order chi connectivity index (χ0) is 19.5. The van der Waals surface area contributed by atoms with Crippen LogP contribution in [-0.4, -0.2) is 39.8 Å². The number of amides is 2. The lowest BCUT2D eigenvalue weighted by molar-refractivity contribution is -0.133. The molecule has 2 fully saturated rings. The van der Waals surface area contributed by atoms with E-state index in [1.807, 2.05) is 42.2 Å². The Bertz CT molecular complexity index is 856. The third kappa shape index (κ3) is 4.21. The maximum Gasteiger partial charge on any atom is 0.254 e. The molecule has 0 unspecified atom stereocenters. The third-order valence-corrected chi connectivity index (χ3v) is 5.60. The second-order valence-corrected chi connectivity index (χ2v) is 7.76. The zero-order valence-corrected chi connectivity index (χ0v) is 16.2. The highest BCUT2D eigenvalue weighted by molar-refractivity contribution is 5.95. The van der Waals surface area contributed by atoms with Gasteiger partial charge in [-0.05, 0) is 38.2 Å². The van der Waals surface area contributed by atoms with Crippen LogP contribution in [0.3, 0.4) is 0 Å². The number of aryl methyl sites for hydroxylation is 1. The van der Waals surface area contributed by atoms with Crippen molar-refractivity contribution in [2.45, 2.75) is 45.1 Å². The highest BCUT2D eigenvalue weighted by Gasteiger charge is 2.35. The van der Waals surface area contributed by atoms with E-state index in [0.717, 1.165) is 50.0 Å². The largest absolute Gasteiger partial charge is 0.348 e. The van der Waals surface area contributed by atoms with Gasteiger partial charge in [-0.2, -0.15) is 0 Å². The van der Waals surface area contributed by atoms with E-state index < -0.39 is 0 Å². The van der Waals surface area contributed by atoms with Crippen LogP contribution in [-0.2, 0) is 11.3 Å². The fourth-order valence-electron chi connectivity index (χ4n) is 3.81. The van der Waals surface area contributed by atoms with E-state index >= 15 is 0 Å². The van der Waals surface area contributed by atoms with Gasteiger partial charge in [-0.1, -0.05) is 30.3 Å². The summed E-state index contributed by atoms with van der Waals surface area (Å²) < 4.78 is 0. The first-order chi connectivity index (χ1) is 13.6. The SMILES string of the molecule is Cc1ncc(C(=O)NCc2ccccc2)c(C2CCN(C(=O)C3CC3)CC2)n1. The quantitative estimate of drug-likeness (QED) is 0.868. The molecule has 0 radical (unpaired) electrons. The van der Waals surface area contributed by atoms with Gasteiger partial charge >= 0.3 is 0 Å². The molecule has 6 heteroatoms. The number of nitrogens with one attached hydrogen (secondary N) is 1. The number of likely N-dealkylation sites (tertiary alicyclic amines) is 1. The number of hydrogen-bond acceptors (Lipinski definition) is 4. The molecule has 0 atom stereocenters. The first kappa shape index (κ1) is 18.6. The molecule has 1 saturated carbocycles. The third-order valence-electron chi connectivity index (χ3n) is 5.60. The predicted molar refractivity (Wildman–Crippen MR) is 106 cm³/mol. The molecule has 6 nitrogen and oxygen atoms in total. The van der Waals surface area contributed by atoms with Crippen LogP contribution >= 0.6 is 0 Å². The minimum absolute atomic E-state index is 0.143. The normalized spacial score (nSPS) is 17.4. The molecule has 2 aromatic rings. The molecular weight excluding hydrogens is 352 g/mol. The molecule has 1 saturated heterocycles. The fraction of sp³-hybridized carbons (Fsp3) is 0.455. The standard InChI is InChI=1S/C22H26N4O2/c1-15-23-14-19(21(27)24-13-16-5-3-2-4-6-16)20(25-15)17-9-11-26(12-10-17)22(28)18-7-8-18/h2-6,14,17-18H,7-13H2,1H3,(H,24,27). The fourth-order valence-corrected chi connectivity index (χ4v) is 3.81. The molecule has 4 rings (SSSR count). The summed E-state index contributed by atoms with van der Waals surface area (Å²) in [6.45, 7) is 3.81. The van der Waals surface area contributed by atoms with Crippen molar-refractivity contribution < 1.29 is 9.59 Å². The minimum atomic E-state index is -0.143. The molecule has 1 aliphatic heterocycles. The number of piperidine rings is 1. The number of rotatable bonds is 5. The Balaban J connectivity index is 1.44. The first-order valence-corrected chi connectivity index (χ1v) is 10.1. The van der Waals surface area contributed by atoms with Crippen LogP contribution in [0, 0.1) is 12.8 Å². The van der Waals surface area contributed by atoms with Gasteiger partial charge < -0.3 is 10.2 Å². The molecule has 2 aliphatic rings. The summed E-state index contributed by atoms with van der Waals surface area (Å²) in [6, 6.07) is 9.84. The maximum absolute atomic E-state index is 12.8. The lowest BCUT2D eigenvalue weighted by atomic mass is 9.90. The second kappa shape index (κ2) is 8.09. The van der Waals surface area contributed by atoms with Gasteiger partial charge in [0.2, 0.25) is 5.91 Å². The van der Waals surface area contributed by atoms with E-state index in [4.69, 9.17) is 0 Å². The zero-order valence-electron chi connectivity index (χ0n) is 16.2. The molecule has 0 bridgehead atoms. The van der Waals surface area contributed by atoms with Crippen molar-refractivity contribution in [2.24, 2.45) is 5.92 Å². The van der Waals surface area contributed by atoms with E-state index in [1.54, 1.807) is 6.20 Å². The van der Waals surface area contributed by atoms with Gasteiger partial charge in [0.25, 0.3) is 5.91 Å². The number of benzene rings is 1. The maximum atomic E-state index is 12.8. The molecule has 1 aliphatic carbocycles.